The Labute approximate surface area is 196 Å². The SMILES string of the molecule is COc1cc(/C=C(/C#N)c2nc3ccc(F)cc3[nH]2)cc(I)c1OCc1ccccc1F. The number of imidazole rings is 1. The smallest absolute Gasteiger partial charge is 0.174 e. The molecule has 0 aliphatic rings. The summed E-state index contributed by atoms with van der Waals surface area (Å²) in [6, 6.07) is 16.3. The molecule has 32 heavy (non-hydrogen) atoms. The summed E-state index contributed by atoms with van der Waals surface area (Å²) in [5.41, 5.74) is 2.46. The second-order valence-corrected chi connectivity index (χ2v) is 7.99. The Balaban J connectivity index is 1.65. The van der Waals surface area contributed by atoms with Gasteiger partial charge in [-0.25, -0.2) is 13.8 Å². The van der Waals surface area contributed by atoms with Crippen LogP contribution < -0.4 is 9.47 Å². The van der Waals surface area contributed by atoms with Gasteiger partial charge in [-0.3, -0.25) is 0 Å². The van der Waals surface area contributed by atoms with E-state index >= 15 is 0 Å². The van der Waals surface area contributed by atoms with E-state index in [1.165, 1.54) is 25.3 Å². The molecule has 0 atom stereocenters. The van der Waals surface area contributed by atoms with Gasteiger partial charge in [0.05, 0.1) is 27.3 Å². The highest BCUT2D eigenvalue weighted by Gasteiger charge is 2.14. The van der Waals surface area contributed by atoms with E-state index in [2.05, 4.69) is 38.6 Å². The summed E-state index contributed by atoms with van der Waals surface area (Å²) < 4.78 is 39.4. The van der Waals surface area contributed by atoms with Crippen LogP contribution in [-0.4, -0.2) is 17.1 Å². The number of benzene rings is 3. The number of aromatic nitrogens is 2. The summed E-state index contributed by atoms with van der Waals surface area (Å²) in [6.07, 6.45) is 1.65. The summed E-state index contributed by atoms with van der Waals surface area (Å²) in [6.45, 7) is 0.0488. The summed E-state index contributed by atoms with van der Waals surface area (Å²) in [7, 11) is 1.51. The molecule has 0 spiro atoms. The first-order chi connectivity index (χ1) is 15.5. The van der Waals surface area contributed by atoms with Gasteiger partial charge in [0.15, 0.2) is 11.5 Å². The van der Waals surface area contributed by atoms with E-state index in [1.807, 2.05) is 6.07 Å². The molecule has 1 N–H and O–H groups in total. The summed E-state index contributed by atoms with van der Waals surface area (Å²) in [4.78, 5) is 7.34. The number of H-pyrrole nitrogens is 1. The van der Waals surface area contributed by atoms with Crippen molar-refractivity contribution in [2.24, 2.45) is 0 Å². The maximum Gasteiger partial charge on any atom is 0.174 e. The molecule has 0 fully saturated rings. The molecule has 4 rings (SSSR count). The molecule has 0 saturated heterocycles. The van der Waals surface area contributed by atoms with Crippen LogP contribution in [0.3, 0.4) is 0 Å². The van der Waals surface area contributed by atoms with E-state index in [-0.39, 0.29) is 23.8 Å². The average Bonchev–Trinajstić information content (AvgIpc) is 3.20. The van der Waals surface area contributed by atoms with E-state index in [1.54, 1.807) is 36.4 Å². The van der Waals surface area contributed by atoms with Crippen LogP contribution >= 0.6 is 22.6 Å². The Bertz CT molecular complexity index is 1380. The molecule has 3 aromatic carbocycles. The molecule has 0 unspecified atom stereocenters. The molecule has 0 saturated carbocycles. The number of rotatable bonds is 6. The van der Waals surface area contributed by atoms with Gasteiger partial charge in [-0.05, 0) is 70.6 Å². The lowest BCUT2D eigenvalue weighted by Gasteiger charge is -2.14. The Kier molecular flexibility index (Phi) is 6.37. The van der Waals surface area contributed by atoms with Crippen molar-refractivity contribution in [3.05, 3.63) is 86.8 Å². The van der Waals surface area contributed by atoms with Crippen LogP contribution in [0.15, 0.2) is 54.6 Å². The van der Waals surface area contributed by atoms with Gasteiger partial charge < -0.3 is 14.5 Å². The quantitative estimate of drug-likeness (QED) is 0.236. The van der Waals surface area contributed by atoms with E-state index in [0.717, 1.165) is 3.57 Å². The Morgan fingerprint density at radius 2 is 2.00 bits per heavy atom. The summed E-state index contributed by atoms with van der Waals surface area (Å²) in [5.74, 6) is 0.530. The molecule has 5 nitrogen and oxygen atoms in total. The zero-order valence-corrected chi connectivity index (χ0v) is 19.0. The van der Waals surface area contributed by atoms with Crippen LogP contribution in [0.25, 0.3) is 22.7 Å². The Morgan fingerprint density at radius 3 is 2.75 bits per heavy atom. The number of methoxy groups -OCH3 is 1. The Hall–Kier alpha value is -3.45. The molecule has 8 heteroatoms. The van der Waals surface area contributed by atoms with Crippen molar-refractivity contribution in [1.29, 1.82) is 5.26 Å². The number of halogens is 3. The molecule has 0 bridgehead atoms. The van der Waals surface area contributed by atoms with E-state index < -0.39 is 0 Å². The van der Waals surface area contributed by atoms with Gasteiger partial charge in [0, 0.05) is 5.56 Å². The second kappa shape index (κ2) is 9.36. The number of hydrogen-bond donors (Lipinski definition) is 1. The standard InChI is InChI=1S/C24H16F2IN3O2/c1-31-22-10-14(9-19(27)23(22)32-13-15-4-2-3-5-18(15)26)8-16(12-28)24-29-20-7-6-17(25)11-21(20)30-24/h2-11H,13H2,1H3,(H,29,30)/b16-8-. The highest BCUT2D eigenvalue weighted by molar-refractivity contribution is 14.1. The third kappa shape index (κ3) is 4.57. The molecule has 0 aliphatic heterocycles. The minimum absolute atomic E-state index is 0.0488. The summed E-state index contributed by atoms with van der Waals surface area (Å²) >= 11 is 2.10. The molecule has 160 valence electrons. The number of aromatic amines is 1. The van der Waals surface area contributed by atoms with Crippen LogP contribution in [0.2, 0.25) is 0 Å². The lowest BCUT2D eigenvalue weighted by atomic mass is 10.1. The zero-order chi connectivity index (χ0) is 22.7. The van der Waals surface area contributed by atoms with E-state index in [0.29, 0.717) is 39.5 Å². The third-order valence-corrected chi connectivity index (χ3v) is 5.51. The minimum atomic E-state index is -0.388. The largest absolute Gasteiger partial charge is 0.493 e. The van der Waals surface area contributed by atoms with Crippen molar-refractivity contribution in [2.45, 2.75) is 6.61 Å². The highest BCUT2D eigenvalue weighted by Crippen LogP contribution is 2.35. The second-order valence-electron chi connectivity index (χ2n) is 6.83. The van der Waals surface area contributed by atoms with Crippen molar-refractivity contribution >= 4 is 45.3 Å². The van der Waals surface area contributed by atoms with Crippen molar-refractivity contribution in [3.63, 3.8) is 0 Å². The molecule has 0 aliphatic carbocycles. The number of nitriles is 1. The van der Waals surface area contributed by atoms with Crippen molar-refractivity contribution in [3.8, 4) is 17.6 Å². The maximum atomic E-state index is 13.9. The van der Waals surface area contributed by atoms with Crippen molar-refractivity contribution < 1.29 is 18.3 Å². The van der Waals surface area contributed by atoms with E-state index in [4.69, 9.17) is 9.47 Å². The number of nitrogens with one attached hydrogen (secondary N) is 1. The molecular formula is C24H16F2IN3O2. The van der Waals surface area contributed by atoms with Gasteiger partial charge in [0.1, 0.15) is 30.1 Å². The fourth-order valence-electron chi connectivity index (χ4n) is 3.16. The molecule has 0 radical (unpaired) electrons. The maximum absolute atomic E-state index is 13.9. The molecule has 0 amide bonds. The lowest BCUT2D eigenvalue weighted by molar-refractivity contribution is 0.277. The lowest BCUT2D eigenvalue weighted by Crippen LogP contribution is -2.02. The number of ether oxygens (including phenoxy) is 2. The van der Waals surface area contributed by atoms with Gasteiger partial charge >= 0.3 is 0 Å². The predicted octanol–water partition coefficient (Wildman–Crippen LogP) is 6.10. The van der Waals surface area contributed by atoms with E-state index in [9.17, 15) is 14.0 Å². The number of hydrogen-bond acceptors (Lipinski definition) is 4. The zero-order valence-electron chi connectivity index (χ0n) is 16.8. The Morgan fingerprint density at radius 1 is 1.19 bits per heavy atom. The highest BCUT2D eigenvalue weighted by atomic mass is 127. The van der Waals surface area contributed by atoms with Crippen molar-refractivity contribution in [1.82, 2.24) is 9.97 Å². The van der Waals surface area contributed by atoms with Crippen molar-refractivity contribution in [2.75, 3.05) is 7.11 Å². The van der Waals surface area contributed by atoms with Crippen LogP contribution in [0.4, 0.5) is 8.78 Å². The van der Waals surface area contributed by atoms with Gasteiger partial charge in [0.25, 0.3) is 0 Å². The fraction of sp³-hybridized carbons (Fsp3) is 0.0833. The average molecular weight is 543 g/mol. The monoisotopic (exact) mass is 543 g/mol. The summed E-state index contributed by atoms with van der Waals surface area (Å²) in [5, 5.41) is 9.66. The normalized spacial score (nSPS) is 11.4. The fourth-order valence-corrected chi connectivity index (χ4v) is 3.94. The molecule has 1 aromatic heterocycles. The van der Waals surface area contributed by atoms with Crippen LogP contribution in [-0.2, 0) is 6.61 Å². The van der Waals surface area contributed by atoms with Crippen LogP contribution in [0.1, 0.15) is 17.0 Å². The third-order valence-electron chi connectivity index (χ3n) is 4.71. The molecular weight excluding hydrogens is 527 g/mol. The topological polar surface area (TPSA) is 70.9 Å². The van der Waals surface area contributed by atoms with Crippen LogP contribution in [0, 0.1) is 26.5 Å². The first-order valence-corrected chi connectivity index (χ1v) is 10.6. The molecule has 4 aromatic rings. The minimum Gasteiger partial charge on any atom is -0.493 e. The first-order valence-electron chi connectivity index (χ1n) is 9.49. The molecule has 1 heterocycles. The van der Waals surface area contributed by atoms with Gasteiger partial charge in [-0.15, -0.1) is 0 Å². The van der Waals surface area contributed by atoms with Crippen LogP contribution in [0.5, 0.6) is 11.5 Å². The first kappa shape index (κ1) is 21.8. The number of allylic oxidation sites excluding steroid dienone is 1. The van der Waals surface area contributed by atoms with Gasteiger partial charge in [0.2, 0.25) is 0 Å². The number of fused-ring (bicyclic) bond motifs is 1. The number of nitrogens with zero attached hydrogens (tertiary/aromatic N) is 2. The van der Waals surface area contributed by atoms with Gasteiger partial charge in [-0.1, -0.05) is 18.2 Å². The predicted molar refractivity (Wildman–Crippen MR) is 126 cm³/mol. The van der Waals surface area contributed by atoms with Gasteiger partial charge in [-0.2, -0.15) is 5.26 Å².